The van der Waals surface area contributed by atoms with E-state index in [0.717, 1.165) is 30.5 Å². The Bertz CT molecular complexity index is 760. The predicted molar refractivity (Wildman–Crippen MR) is 137 cm³/mol. The Morgan fingerprint density at radius 3 is 2.06 bits per heavy atom. The summed E-state index contributed by atoms with van der Waals surface area (Å²) < 4.78 is 0. The van der Waals surface area contributed by atoms with Crippen molar-refractivity contribution >= 4 is 17.6 Å². The summed E-state index contributed by atoms with van der Waals surface area (Å²) in [7, 11) is 0. The van der Waals surface area contributed by atoms with Crippen molar-refractivity contribution in [3.8, 4) is 0 Å². The van der Waals surface area contributed by atoms with Crippen LogP contribution in [0.15, 0.2) is 15.0 Å². The number of guanidine groups is 1. The van der Waals surface area contributed by atoms with Gasteiger partial charge in [0.25, 0.3) is 0 Å². The van der Waals surface area contributed by atoms with E-state index < -0.39 is 0 Å². The van der Waals surface area contributed by atoms with Crippen LogP contribution >= 0.6 is 0 Å². The van der Waals surface area contributed by atoms with Crippen LogP contribution in [-0.4, -0.2) is 45.3 Å². The van der Waals surface area contributed by atoms with E-state index in [2.05, 4.69) is 90.0 Å². The molecule has 1 fully saturated rings. The lowest BCUT2D eigenvalue weighted by molar-refractivity contribution is -0.0828. The molecule has 2 atom stereocenters. The molecule has 6 nitrogen and oxygen atoms in total. The van der Waals surface area contributed by atoms with Crippen LogP contribution in [0.5, 0.6) is 0 Å². The maximum absolute atomic E-state index is 4.85. The van der Waals surface area contributed by atoms with E-state index >= 15 is 0 Å². The summed E-state index contributed by atoms with van der Waals surface area (Å²) in [6, 6.07) is 0.283. The molecule has 0 aliphatic carbocycles. The zero-order valence-electron chi connectivity index (χ0n) is 22.4. The molecule has 2 bridgehead atoms. The molecule has 0 aromatic heterocycles. The third-order valence-electron chi connectivity index (χ3n) is 7.00. The molecule has 1 saturated heterocycles. The first-order valence-corrected chi connectivity index (χ1v) is 12.7. The second kappa shape index (κ2) is 8.83. The average molecular weight is 445 g/mol. The van der Waals surface area contributed by atoms with Crippen LogP contribution in [-0.2, 0) is 0 Å². The highest BCUT2D eigenvalue weighted by molar-refractivity contribution is 6.27. The zero-order chi connectivity index (χ0) is 23.9. The molecule has 2 unspecified atom stereocenters. The van der Waals surface area contributed by atoms with Gasteiger partial charge in [0, 0.05) is 22.7 Å². The first-order valence-electron chi connectivity index (χ1n) is 12.7. The molecule has 6 heteroatoms. The van der Waals surface area contributed by atoms with Crippen molar-refractivity contribution in [3.05, 3.63) is 0 Å². The fourth-order valence-corrected chi connectivity index (χ4v) is 6.07. The van der Waals surface area contributed by atoms with Gasteiger partial charge in [0.05, 0.1) is 5.92 Å². The summed E-state index contributed by atoms with van der Waals surface area (Å²) in [5.41, 5.74) is 4.41. The minimum atomic E-state index is -0.0668. The minimum absolute atomic E-state index is 0.0668. The average Bonchev–Trinajstić information content (AvgIpc) is 2.59. The van der Waals surface area contributed by atoms with Gasteiger partial charge in [0.2, 0.25) is 5.96 Å². The lowest BCUT2D eigenvalue weighted by Gasteiger charge is -2.54. The lowest BCUT2D eigenvalue weighted by Crippen LogP contribution is -2.68. The Morgan fingerprint density at radius 2 is 1.56 bits per heavy atom. The summed E-state index contributed by atoms with van der Waals surface area (Å²) in [6.07, 6.45) is 8.24. The standard InChI is InChI=1S/C26H48N6/c1-11-12-14-18(31-32-25(7,8)15-13-16-26(32,9)10)19-20-27-21(19)29-22(28-20)30-24(5,6)17-23(2,3)4/h18-19,31H,11-17H2,1-10H3,(H,27,28,29,30). The van der Waals surface area contributed by atoms with E-state index in [-0.39, 0.29) is 34.0 Å². The Labute approximate surface area is 196 Å². The van der Waals surface area contributed by atoms with Gasteiger partial charge >= 0.3 is 0 Å². The smallest absolute Gasteiger partial charge is 0.226 e. The molecule has 3 aliphatic rings. The number of hydrazine groups is 1. The van der Waals surface area contributed by atoms with Gasteiger partial charge in [-0.3, -0.25) is 0 Å². The van der Waals surface area contributed by atoms with Crippen LogP contribution in [0, 0.1) is 11.3 Å². The van der Waals surface area contributed by atoms with Crippen LogP contribution < -0.4 is 10.7 Å². The van der Waals surface area contributed by atoms with Crippen LogP contribution in [0.2, 0.25) is 0 Å². The van der Waals surface area contributed by atoms with Crippen LogP contribution in [0.25, 0.3) is 0 Å². The van der Waals surface area contributed by atoms with Gasteiger partial charge < -0.3 is 5.32 Å². The van der Waals surface area contributed by atoms with Crippen molar-refractivity contribution in [2.45, 2.75) is 137 Å². The van der Waals surface area contributed by atoms with Gasteiger partial charge in [0.15, 0.2) is 0 Å². The van der Waals surface area contributed by atoms with Gasteiger partial charge in [-0.2, -0.15) is 9.98 Å². The van der Waals surface area contributed by atoms with Crippen molar-refractivity contribution in [1.29, 1.82) is 0 Å². The van der Waals surface area contributed by atoms with Gasteiger partial charge in [-0.15, -0.1) is 0 Å². The summed E-state index contributed by atoms with van der Waals surface area (Å²) in [4.78, 5) is 14.3. The number of nitrogens with one attached hydrogen (secondary N) is 2. The third kappa shape index (κ3) is 5.80. The summed E-state index contributed by atoms with van der Waals surface area (Å²) in [6.45, 7) is 23.0. The van der Waals surface area contributed by atoms with Gasteiger partial charge in [-0.05, 0) is 79.1 Å². The molecule has 32 heavy (non-hydrogen) atoms. The molecule has 0 saturated carbocycles. The number of aliphatic imine (C=N–C) groups is 3. The van der Waals surface area contributed by atoms with Crippen molar-refractivity contribution < 1.29 is 0 Å². The maximum Gasteiger partial charge on any atom is 0.226 e. The quantitative estimate of drug-likeness (QED) is 0.505. The van der Waals surface area contributed by atoms with Crippen LogP contribution in [0.4, 0.5) is 0 Å². The van der Waals surface area contributed by atoms with Crippen LogP contribution in [0.1, 0.15) is 114 Å². The number of rotatable bonds is 8. The van der Waals surface area contributed by atoms with E-state index in [0.29, 0.717) is 0 Å². The fraction of sp³-hybridized carbons (Fsp3) is 0.885. The molecule has 0 amide bonds. The number of fused-ring (bicyclic) bond motifs is 2. The van der Waals surface area contributed by atoms with Crippen LogP contribution in [0.3, 0.4) is 0 Å². The Kier molecular flexibility index (Phi) is 6.99. The molecule has 182 valence electrons. The summed E-state index contributed by atoms with van der Waals surface area (Å²) >= 11 is 0. The number of hydrogen-bond donors (Lipinski definition) is 2. The van der Waals surface area contributed by atoms with E-state index in [1.165, 1.54) is 32.1 Å². The first-order chi connectivity index (χ1) is 14.6. The first kappa shape index (κ1) is 25.4. The SMILES string of the molecule is CCCCC(NN1C(C)(C)CCCC1(C)C)C1c2nc(NC(C)(C)CC(C)(C)C)nc1n2. The van der Waals surface area contributed by atoms with Gasteiger partial charge in [0.1, 0.15) is 11.7 Å². The number of amidine groups is 2. The number of unbranched alkanes of at least 4 members (excludes halogenated alkanes) is 1. The molecule has 0 spiro atoms. The highest BCUT2D eigenvalue weighted by Crippen LogP contribution is 2.38. The molecule has 0 aromatic carbocycles. The Balaban J connectivity index is 1.75. The molecule has 3 aliphatic heterocycles. The third-order valence-corrected chi connectivity index (χ3v) is 7.00. The fourth-order valence-electron chi connectivity index (χ4n) is 6.07. The Morgan fingerprint density at radius 1 is 0.969 bits per heavy atom. The minimum Gasteiger partial charge on any atom is -0.349 e. The molecule has 0 radical (unpaired) electrons. The van der Waals surface area contributed by atoms with E-state index in [9.17, 15) is 0 Å². The molecule has 0 aromatic rings. The second-order valence-electron chi connectivity index (χ2n) is 13.3. The lowest BCUT2D eigenvalue weighted by atomic mass is 9.81. The Hall–Kier alpha value is -1.27. The molecular weight excluding hydrogens is 396 g/mol. The van der Waals surface area contributed by atoms with Crippen molar-refractivity contribution in [3.63, 3.8) is 0 Å². The highest BCUT2D eigenvalue weighted by Gasteiger charge is 2.47. The van der Waals surface area contributed by atoms with E-state index in [1.54, 1.807) is 0 Å². The van der Waals surface area contributed by atoms with E-state index in [4.69, 9.17) is 9.98 Å². The normalized spacial score (nSPS) is 25.9. The summed E-state index contributed by atoms with van der Waals surface area (Å²) in [5.74, 6) is 2.78. The maximum atomic E-state index is 4.85. The van der Waals surface area contributed by atoms with Crippen molar-refractivity contribution in [2.24, 2.45) is 26.3 Å². The highest BCUT2D eigenvalue weighted by atomic mass is 15.6. The molecule has 3 heterocycles. The molecular formula is C26H48N6. The predicted octanol–water partition coefficient (Wildman–Crippen LogP) is 5.69. The van der Waals surface area contributed by atoms with Gasteiger partial charge in [-0.1, -0.05) is 40.5 Å². The number of nitrogens with zero attached hydrogens (tertiary/aromatic N) is 4. The second-order valence-corrected chi connectivity index (χ2v) is 13.3. The zero-order valence-corrected chi connectivity index (χ0v) is 22.4. The van der Waals surface area contributed by atoms with Crippen molar-refractivity contribution in [1.82, 2.24) is 15.8 Å². The monoisotopic (exact) mass is 444 g/mol. The van der Waals surface area contributed by atoms with Gasteiger partial charge in [-0.25, -0.2) is 15.4 Å². The number of piperidine rings is 1. The van der Waals surface area contributed by atoms with Crippen molar-refractivity contribution in [2.75, 3.05) is 0 Å². The molecule has 3 rings (SSSR count). The topological polar surface area (TPSA) is 64.4 Å². The molecule has 2 N–H and O–H groups in total. The summed E-state index contributed by atoms with van der Waals surface area (Å²) in [5, 5.41) is 6.11. The number of hydrogen-bond acceptors (Lipinski definition) is 6. The van der Waals surface area contributed by atoms with E-state index in [1.807, 2.05) is 0 Å². The largest absolute Gasteiger partial charge is 0.349 e.